The van der Waals surface area contributed by atoms with Gasteiger partial charge >= 0.3 is 68.0 Å². The third-order valence-electron chi connectivity index (χ3n) is 13.4. The van der Waals surface area contributed by atoms with E-state index in [4.69, 9.17) is 72.4 Å². The number of aliphatic hydroxyl groups excluding tert-OH is 3. The number of phosphoric acid groups is 2. The Balaban J connectivity index is 0.000000443. The van der Waals surface area contributed by atoms with Gasteiger partial charge in [-0.15, -0.1) is 0 Å². The van der Waals surface area contributed by atoms with Gasteiger partial charge in [0.1, 0.15) is 59.7 Å². The van der Waals surface area contributed by atoms with Crippen molar-refractivity contribution in [2.24, 2.45) is 0 Å². The minimum absolute atomic E-state index is 0. The topological polar surface area (TPSA) is 694 Å². The van der Waals surface area contributed by atoms with Crippen LogP contribution in [0.5, 0.6) is 0 Å². The molecule has 6 aromatic heterocycles. The molecule has 0 radical (unpaired) electrons. The molecule has 0 aromatic carbocycles. The predicted octanol–water partition coefficient (Wildman–Crippen LogP) is -4.83. The van der Waals surface area contributed by atoms with E-state index in [1.807, 2.05) is 0 Å². The number of nitrogens with zero attached hydrogens (tertiary/aromatic N) is 10. The number of aromatic amines is 2. The summed E-state index contributed by atoms with van der Waals surface area (Å²) in [4.78, 5) is 128. The number of nitrogens with one attached hydrogen (secondary N) is 2. The van der Waals surface area contributed by atoms with Gasteiger partial charge in [0.15, 0.2) is 33.1 Å². The smallest absolute Gasteiger partial charge is 0.870 e. The number of imidazole rings is 3. The summed E-state index contributed by atoms with van der Waals surface area (Å²) in [5, 5.41) is 63.4. The predicted molar refractivity (Wildman–Crippen MR) is 300 cm³/mol. The third-order valence-corrected chi connectivity index (χ3v) is 18.6. The number of rotatable bonds is 16. The zero-order chi connectivity index (χ0) is 62.1. The van der Waals surface area contributed by atoms with Crippen molar-refractivity contribution in [2.45, 2.75) is 134 Å². The molecule has 0 amide bonds. The summed E-state index contributed by atoms with van der Waals surface area (Å²) >= 11 is 5.98. The maximum atomic E-state index is 12.0. The molecule has 14 atom stereocenters. The van der Waals surface area contributed by atoms with Crippen molar-refractivity contribution in [3.63, 3.8) is 0 Å². The van der Waals surface area contributed by atoms with Crippen molar-refractivity contribution in [1.29, 1.82) is 0 Å². The van der Waals surface area contributed by atoms with E-state index in [1.165, 1.54) is 53.5 Å². The number of halogens is 1. The van der Waals surface area contributed by atoms with Crippen LogP contribution >= 0.6 is 50.0 Å². The quantitative estimate of drug-likeness (QED) is 0.0246. The number of H-pyrrole nitrogens is 2. The number of nitrogen functional groups attached to an aromatic ring is 3. The molecule has 49 heteroatoms. The molecule has 23 N–H and O–H groups in total. The monoisotopic (exact) mass is 1390 g/mol. The Labute approximate surface area is 522 Å². The van der Waals surface area contributed by atoms with E-state index in [0.29, 0.717) is 0 Å². The normalized spacial score (nSPS) is 28.3. The van der Waals surface area contributed by atoms with Crippen molar-refractivity contribution in [1.82, 2.24) is 58.6 Å². The Kier molecular flexibility index (Phi) is 26.6. The van der Waals surface area contributed by atoms with Gasteiger partial charge in [-0.25, -0.2) is 28.4 Å². The summed E-state index contributed by atoms with van der Waals surface area (Å²) in [7, 11) is -25.2. The second-order valence-corrected chi connectivity index (χ2v) is 27.9. The molecule has 88 heavy (non-hydrogen) atoms. The molecule has 6 aromatic rings. The maximum Gasteiger partial charge on any atom is 1.00 e. The van der Waals surface area contributed by atoms with Gasteiger partial charge in [-0.3, -0.25) is 33.3 Å². The standard InChI is InChI=1S/C12H17ClN5O6P.C12H20N5O13P3.C12H18N5O7P.3CH4.Na.H2O/c1-12(20)6(2-5(8(12)19)24-4-25(21,22)23)18-3-15-7-9(13)16-11(14)17-10(7)18;1-12(20)6(17-3-14-7-9(17)15-11(13)16-10(7)19)2-5(8(12)18)28-4-31(21,22)29-33(26,27)30-32(23,24)25;1-12(20)6(2-5(8(12)18)24-4-25(21,22)23)17-3-14-7-9(17)15-11(13)16-10(7)19;;;;;/h3,5-6,8,19-20H,2,4H2,1H3,(H2,14,16,17)(H2,21,22,23);3,5-6,8,18,20H,2,4H2,1H3,(H,21,22)(H,26,27)(H2,23,24,25)(H3,13,15,16,19);3,5-6,8,18,20H,2,4H2,1H3,(H2,21,22,23)(H3,13,15,16,19);3*1H4;;1H2/q;;;;;;+1;/p-1/t3*5-,6+,8+,12-;;;;;/m000...../s1. The van der Waals surface area contributed by atoms with Crippen molar-refractivity contribution < 1.29 is 150 Å². The largest absolute Gasteiger partial charge is 1.00 e. The van der Waals surface area contributed by atoms with Gasteiger partial charge in [-0.1, -0.05) is 33.9 Å². The maximum absolute atomic E-state index is 12.0. The van der Waals surface area contributed by atoms with Crippen LogP contribution in [-0.2, 0) is 45.7 Å². The van der Waals surface area contributed by atoms with E-state index in [1.54, 1.807) is 0 Å². The Morgan fingerprint density at radius 1 is 0.568 bits per heavy atom. The van der Waals surface area contributed by atoms with Crippen molar-refractivity contribution >= 4 is 101 Å². The van der Waals surface area contributed by atoms with Crippen LogP contribution in [0.1, 0.15) is 80.4 Å². The van der Waals surface area contributed by atoms with E-state index in [0.717, 1.165) is 0 Å². The number of anilines is 3. The van der Waals surface area contributed by atoms with E-state index in [9.17, 15) is 72.8 Å². The van der Waals surface area contributed by atoms with Gasteiger partial charge in [0, 0.05) is 0 Å². The first kappa shape index (κ1) is 80.4. The Morgan fingerprint density at radius 3 is 1.22 bits per heavy atom. The first-order chi connectivity index (χ1) is 37.9. The average molecular weight is 1390 g/mol. The van der Waals surface area contributed by atoms with Crippen molar-refractivity contribution in [3.05, 3.63) is 44.8 Å². The van der Waals surface area contributed by atoms with Crippen molar-refractivity contribution in [2.75, 3.05) is 36.2 Å². The minimum Gasteiger partial charge on any atom is -0.870 e. The average Bonchev–Trinajstić information content (AvgIpc) is 1.64. The zero-order valence-corrected chi connectivity index (χ0v) is 51.3. The summed E-state index contributed by atoms with van der Waals surface area (Å²) in [6.07, 6.45) is -7.18. The molecule has 0 bridgehead atoms. The van der Waals surface area contributed by atoms with E-state index in [-0.39, 0.29) is 133 Å². The molecule has 0 saturated heterocycles. The summed E-state index contributed by atoms with van der Waals surface area (Å²) < 4.78 is 82.9. The Morgan fingerprint density at radius 2 is 0.886 bits per heavy atom. The van der Waals surface area contributed by atoms with Gasteiger partial charge in [0.05, 0.1) is 55.4 Å². The van der Waals surface area contributed by atoms with Crippen LogP contribution in [0.15, 0.2) is 28.6 Å². The molecule has 6 heterocycles. The number of aromatic nitrogens is 12. The summed E-state index contributed by atoms with van der Waals surface area (Å²) in [6.45, 7) is 3.96. The van der Waals surface area contributed by atoms with Crippen LogP contribution in [0, 0.1) is 0 Å². The SMILES string of the molecule is C.C.C.C[C@@]1(O)[C@H](O)[C@@H](OCP(=O)(O)O)C[C@H]1n1cnc2c(=O)[nH]c(N)nc21.C[C@@]1(O)[C@H](O)[C@@H](OCP(=O)(O)O)C[C@H]1n1cnc2c(Cl)nc(N)nc21.C[C@@]1(O)[C@H](O)[C@@H](OCP(=O)(O)OP(=O)(O)OP(=O)(O)O)C[C@H]1n1cnc2c(=O)[nH]c(N)nc21.[Na+].[OH-]. The molecule has 494 valence electrons. The Bertz CT molecular complexity index is 3780. The number of hydrogen-bond acceptors (Lipinski definition) is 29. The van der Waals surface area contributed by atoms with Gasteiger partial charge < -0.3 is 120 Å². The molecule has 42 nitrogen and oxygen atoms in total. The van der Waals surface area contributed by atoms with E-state index >= 15 is 0 Å². The molecular formula is C39H68ClN15NaO27P5. The molecule has 3 aliphatic carbocycles. The first-order valence-electron chi connectivity index (χ1n) is 23.3. The molecule has 3 aliphatic rings. The molecule has 9 rings (SSSR count). The minimum atomic E-state index is -5.66. The third kappa shape index (κ3) is 18.1. The number of nitrogens with two attached hydrogens (primary N) is 3. The fourth-order valence-corrected chi connectivity index (χ4v) is 13.8. The summed E-state index contributed by atoms with van der Waals surface area (Å²) in [5.41, 5.74) is 10.7. The van der Waals surface area contributed by atoms with Crippen LogP contribution in [0.4, 0.5) is 17.8 Å². The van der Waals surface area contributed by atoms with Gasteiger partial charge in [-0.2, -0.15) is 24.2 Å². The molecule has 3 saturated carbocycles. The number of hydrogen-bond donors (Lipinski definition) is 19. The van der Waals surface area contributed by atoms with Crippen molar-refractivity contribution in [3.8, 4) is 0 Å². The summed E-state index contributed by atoms with van der Waals surface area (Å²) in [5.74, 6) is -0.442. The molecule has 0 aliphatic heterocycles. The van der Waals surface area contributed by atoms with E-state index < -0.39 is 140 Å². The number of ether oxygens (including phenoxy) is 3. The second kappa shape index (κ2) is 29.1. The van der Waals surface area contributed by atoms with Gasteiger partial charge in [0.25, 0.3) is 11.1 Å². The Hall–Kier alpha value is -3.71. The van der Waals surface area contributed by atoms with Crippen LogP contribution in [0.2, 0.25) is 5.15 Å². The molecule has 2 unspecified atom stereocenters. The fourth-order valence-electron chi connectivity index (χ4n) is 9.52. The van der Waals surface area contributed by atoms with Crippen LogP contribution in [0.25, 0.3) is 33.5 Å². The van der Waals surface area contributed by atoms with Gasteiger partial charge in [-0.05, 0) is 40.0 Å². The van der Waals surface area contributed by atoms with Crippen LogP contribution in [-0.4, -0.2) is 206 Å². The zero-order valence-electron chi connectivity index (χ0n) is 44.1. The van der Waals surface area contributed by atoms with E-state index in [2.05, 4.69) is 53.5 Å². The second-order valence-electron chi connectivity index (χ2n) is 19.6. The fraction of sp³-hybridized carbons (Fsp3) is 0.615. The summed E-state index contributed by atoms with van der Waals surface area (Å²) in [6, 6.07) is -2.56. The van der Waals surface area contributed by atoms with Crippen LogP contribution < -0.4 is 57.9 Å². The van der Waals surface area contributed by atoms with Crippen LogP contribution in [0.3, 0.4) is 0 Å². The number of aliphatic hydroxyl groups is 6. The molecular weight excluding hydrogens is 1320 g/mol. The molecule has 3 fully saturated rings. The van der Waals surface area contributed by atoms with Gasteiger partial charge in [0.2, 0.25) is 17.8 Å². The number of fused-ring (bicyclic) bond motifs is 3. The molecule has 0 spiro atoms. The first-order valence-corrected chi connectivity index (χ1v) is 32.1.